The van der Waals surface area contributed by atoms with E-state index < -0.39 is 18.5 Å². The highest BCUT2D eigenvalue weighted by Crippen LogP contribution is 2.18. The third kappa shape index (κ3) is 4.33. The van der Waals surface area contributed by atoms with E-state index in [0.717, 1.165) is 10.9 Å². The van der Waals surface area contributed by atoms with Crippen LogP contribution in [0.4, 0.5) is 5.69 Å². The van der Waals surface area contributed by atoms with E-state index in [0.29, 0.717) is 23.4 Å². The van der Waals surface area contributed by atoms with Crippen LogP contribution in [0.2, 0.25) is 0 Å². The number of carbonyl (C=O) groups is 3. The molecule has 0 bridgehead atoms. The predicted molar refractivity (Wildman–Crippen MR) is 102 cm³/mol. The molecule has 138 valence electrons. The van der Waals surface area contributed by atoms with E-state index in [1.165, 1.54) is 0 Å². The van der Waals surface area contributed by atoms with E-state index in [2.05, 4.69) is 15.6 Å². The molecule has 0 saturated carbocycles. The van der Waals surface area contributed by atoms with Crippen molar-refractivity contribution in [3.05, 3.63) is 65.9 Å². The minimum atomic E-state index is -0.585. The minimum Gasteiger partial charge on any atom is -0.452 e. The summed E-state index contributed by atoms with van der Waals surface area (Å²) in [5, 5.41) is 6.04. The first-order valence-corrected chi connectivity index (χ1v) is 8.50. The van der Waals surface area contributed by atoms with Crippen LogP contribution in [0.25, 0.3) is 10.9 Å². The Morgan fingerprint density at radius 3 is 2.70 bits per heavy atom. The average molecular weight is 365 g/mol. The van der Waals surface area contributed by atoms with Crippen molar-refractivity contribution in [2.75, 3.05) is 18.5 Å². The van der Waals surface area contributed by atoms with Gasteiger partial charge in [0.25, 0.3) is 11.8 Å². The molecule has 0 spiro atoms. The fraction of sp³-hybridized carbons (Fsp3) is 0.150. The summed E-state index contributed by atoms with van der Waals surface area (Å²) in [5.74, 6) is -1.30. The zero-order valence-electron chi connectivity index (χ0n) is 14.7. The van der Waals surface area contributed by atoms with Crippen LogP contribution >= 0.6 is 0 Å². The van der Waals surface area contributed by atoms with Gasteiger partial charge in [-0.15, -0.1) is 0 Å². The number of benzene rings is 2. The monoisotopic (exact) mass is 365 g/mol. The number of amides is 2. The summed E-state index contributed by atoms with van der Waals surface area (Å²) in [5.41, 5.74) is 2.07. The van der Waals surface area contributed by atoms with Crippen LogP contribution in [-0.2, 0) is 9.53 Å². The lowest BCUT2D eigenvalue weighted by Gasteiger charge is -2.08. The Hall–Kier alpha value is -3.61. The zero-order valence-corrected chi connectivity index (χ0v) is 14.7. The second kappa shape index (κ2) is 8.18. The summed E-state index contributed by atoms with van der Waals surface area (Å²) >= 11 is 0. The largest absolute Gasteiger partial charge is 0.452 e. The van der Waals surface area contributed by atoms with Gasteiger partial charge in [-0.2, -0.15) is 0 Å². The Morgan fingerprint density at radius 2 is 1.89 bits per heavy atom. The second-order valence-corrected chi connectivity index (χ2v) is 5.81. The first kappa shape index (κ1) is 18.2. The summed E-state index contributed by atoms with van der Waals surface area (Å²) in [4.78, 5) is 39.1. The summed E-state index contributed by atoms with van der Waals surface area (Å²) in [7, 11) is 0. The number of H-pyrrole nitrogens is 1. The normalized spacial score (nSPS) is 10.4. The van der Waals surface area contributed by atoms with Gasteiger partial charge in [-0.3, -0.25) is 9.59 Å². The number of hydrogen-bond acceptors (Lipinski definition) is 4. The molecule has 27 heavy (non-hydrogen) atoms. The van der Waals surface area contributed by atoms with Gasteiger partial charge in [0.15, 0.2) is 6.61 Å². The lowest BCUT2D eigenvalue weighted by molar-refractivity contribution is -0.119. The molecule has 0 radical (unpaired) electrons. The highest BCUT2D eigenvalue weighted by Gasteiger charge is 2.15. The smallest absolute Gasteiger partial charge is 0.340 e. The molecular formula is C20H19N3O4. The number of hydrogen-bond donors (Lipinski definition) is 3. The number of fused-ring (bicyclic) bond motifs is 1. The molecule has 3 N–H and O–H groups in total. The number of esters is 1. The van der Waals surface area contributed by atoms with Crippen LogP contribution in [0.3, 0.4) is 0 Å². The number of aromatic amines is 1. The fourth-order valence-corrected chi connectivity index (χ4v) is 2.65. The van der Waals surface area contributed by atoms with Gasteiger partial charge in [0.05, 0.1) is 5.56 Å². The van der Waals surface area contributed by atoms with Crippen molar-refractivity contribution in [1.82, 2.24) is 10.3 Å². The van der Waals surface area contributed by atoms with Gasteiger partial charge in [-0.05, 0) is 31.2 Å². The Labute approximate surface area is 155 Å². The molecule has 7 nitrogen and oxygen atoms in total. The van der Waals surface area contributed by atoms with Crippen molar-refractivity contribution in [2.24, 2.45) is 0 Å². The number of aromatic nitrogens is 1. The third-order valence-corrected chi connectivity index (χ3v) is 3.89. The maximum Gasteiger partial charge on any atom is 0.340 e. The molecule has 0 aliphatic heterocycles. The SMILES string of the molecule is CCNC(=O)c1cccc(NC(=O)COC(=O)c2c[nH]c3ccccc23)c1. The summed E-state index contributed by atoms with van der Waals surface area (Å²) in [6.07, 6.45) is 1.56. The van der Waals surface area contributed by atoms with Crippen molar-refractivity contribution >= 4 is 34.4 Å². The van der Waals surface area contributed by atoms with Crippen LogP contribution in [0.1, 0.15) is 27.6 Å². The fourth-order valence-electron chi connectivity index (χ4n) is 2.65. The maximum atomic E-state index is 12.2. The summed E-state index contributed by atoms with van der Waals surface area (Å²) < 4.78 is 5.09. The Kier molecular flexibility index (Phi) is 5.51. The zero-order chi connectivity index (χ0) is 19.2. The van der Waals surface area contributed by atoms with Crippen LogP contribution in [0.5, 0.6) is 0 Å². The van der Waals surface area contributed by atoms with Crippen LogP contribution in [0, 0.1) is 0 Å². The molecule has 1 aromatic heterocycles. The summed E-state index contributed by atoms with van der Waals surface area (Å²) in [6, 6.07) is 13.9. The molecule has 0 atom stereocenters. The van der Waals surface area contributed by atoms with E-state index in [-0.39, 0.29) is 5.91 Å². The number of nitrogens with one attached hydrogen (secondary N) is 3. The van der Waals surface area contributed by atoms with Crippen molar-refractivity contribution in [3.63, 3.8) is 0 Å². The quantitative estimate of drug-likeness (QED) is 0.585. The number of anilines is 1. The van der Waals surface area contributed by atoms with Crippen molar-refractivity contribution in [2.45, 2.75) is 6.92 Å². The molecule has 1 heterocycles. The van der Waals surface area contributed by atoms with E-state index >= 15 is 0 Å². The van der Waals surface area contributed by atoms with Crippen molar-refractivity contribution < 1.29 is 19.1 Å². The number of carbonyl (C=O) groups excluding carboxylic acids is 3. The van der Waals surface area contributed by atoms with Crippen LogP contribution in [0.15, 0.2) is 54.7 Å². The Bertz CT molecular complexity index is 994. The van der Waals surface area contributed by atoms with Gasteiger partial charge in [0.1, 0.15) is 0 Å². The van der Waals surface area contributed by atoms with Gasteiger partial charge < -0.3 is 20.4 Å². The Balaban J connectivity index is 1.59. The van der Waals surface area contributed by atoms with Gasteiger partial charge in [-0.25, -0.2) is 4.79 Å². The van der Waals surface area contributed by atoms with E-state index in [1.54, 1.807) is 36.5 Å². The molecule has 2 amide bonds. The van der Waals surface area contributed by atoms with Crippen LogP contribution in [-0.4, -0.2) is 35.9 Å². The first-order chi connectivity index (χ1) is 13.1. The molecular weight excluding hydrogens is 346 g/mol. The van der Waals surface area contributed by atoms with Gasteiger partial charge in [0, 0.05) is 34.9 Å². The number of rotatable bonds is 6. The van der Waals surface area contributed by atoms with Gasteiger partial charge in [0.2, 0.25) is 0 Å². The maximum absolute atomic E-state index is 12.2. The molecule has 0 aliphatic rings. The highest BCUT2D eigenvalue weighted by molar-refractivity contribution is 6.05. The lowest BCUT2D eigenvalue weighted by Crippen LogP contribution is -2.23. The van der Waals surface area contributed by atoms with Crippen molar-refractivity contribution in [1.29, 1.82) is 0 Å². The molecule has 7 heteroatoms. The molecule has 0 unspecified atom stereocenters. The van der Waals surface area contributed by atoms with E-state index in [9.17, 15) is 14.4 Å². The summed E-state index contributed by atoms with van der Waals surface area (Å²) in [6.45, 7) is 1.91. The molecule has 3 rings (SSSR count). The lowest BCUT2D eigenvalue weighted by atomic mass is 10.2. The molecule has 0 fully saturated rings. The topological polar surface area (TPSA) is 100 Å². The van der Waals surface area contributed by atoms with E-state index in [1.807, 2.05) is 25.1 Å². The molecule has 0 aliphatic carbocycles. The van der Waals surface area contributed by atoms with Gasteiger partial charge in [-0.1, -0.05) is 24.3 Å². The highest BCUT2D eigenvalue weighted by atomic mass is 16.5. The van der Waals surface area contributed by atoms with Crippen LogP contribution < -0.4 is 10.6 Å². The molecule has 2 aromatic carbocycles. The molecule has 0 saturated heterocycles. The number of para-hydroxylation sites is 1. The average Bonchev–Trinajstić information content (AvgIpc) is 3.11. The molecule has 3 aromatic rings. The van der Waals surface area contributed by atoms with E-state index in [4.69, 9.17) is 4.74 Å². The predicted octanol–water partition coefficient (Wildman–Crippen LogP) is 2.71. The minimum absolute atomic E-state index is 0.223. The van der Waals surface area contributed by atoms with Gasteiger partial charge >= 0.3 is 5.97 Å². The third-order valence-electron chi connectivity index (χ3n) is 3.89. The second-order valence-electron chi connectivity index (χ2n) is 5.81. The number of ether oxygens (including phenoxy) is 1. The Morgan fingerprint density at radius 1 is 1.07 bits per heavy atom. The first-order valence-electron chi connectivity index (χ1n) is 8.50. The van der Waals surface area contributed by atoms with Crippen molar-refractivity contribution in [3.8, 4) is 0 Å². The standard InChI is InChI=1S/C20H19N3O4/c1-2-21-19(25)13-6-5-7-14(10-13)23-18(24)12-27-20(26)16-11-22-17-9-4-3-8-15(16)17/h3-11,22H,2,12H2,1H3,(H,21,25)(H,23,24).